The van der Waals surface area contributed by atoms with Crippen molar-refractivity contribution in [2.75, 3.05) is 0 Å². The standard InChI is InChI=1S/2C4H6O2.Pd/c2*1-2-3-4(5)6;/h2*2H,1,3H2,(H,5,6);/q;;+2/p-2. The molecule has 0 aromatic carbocycles. The number of aliphatic carboxylic acids is 2. The first-order chi connectivity index (χ1) is 5.54. The average molecular weight is 277 g/mol. The van der Waals surface area contributed by atoms with Gasteiger partial charge in [-0.25, -0.2) is 0 Å². The number of hydrogen-bond acceptors (Lipinski definition) is 4. The molecule has 0 fully saturated rings. The molecule has 0 radical (unpaired) electrons. The molecule has 0 rings (SSSR count). The van der Waals surface area contributed by atoms with Gasteiger partial charge in [0.1, 0.15) is 0 Å². The fourth-order valence-corrected chi connectivity index (χ4v) is 0.236. The van der Waals surface area contributed by atoms with Crippen LogP contribution in [0.1, 0.15) is 12.8 Å². The van der Waals surface area contributed by atoms with Gasteiger partial charge in [-0.1, -0.05) is 12.2 Å². The van der Waals surface area contributed by atoms with Gasteiger partial charge in [0.15, 0.2) is 0 Å². The second-order valence-electron chi connectivity index (χ2n) is 1.73. The van der Waals surface area contributed by atoms with Crippen LogP contribution in [0.25, 0.3) is 0 Å². The smallest absolute Gasteiger partial charge is 0.550 e. The molecule has 0 aliphatic heterocycles. The van der Waals surface area contributed by atoms with E-state index < -0.39 is 11.9 Å². The van der Waals surface area contributed by atoms with Crippen LogP contribution in [0.15, 0.2) is 25.3 Å². The van der Waals surface area contributed by atoms with Crippen molar-refractivity contribution in [2.24, 2.45) is 0 Å². The summed E-state index contributed by atoms with van der Waals surface area (Å²) in [6.45, 7) is 6.36. The first-order valence-electron chi connectivity index (χ1n) is 3.16. The average Bonchev–Trinajstić information content (AvgIpc) is 1.87. The predicted molar refractivity (Wildman–Crippen MR) is 39.6 cm³/mol. The van der Waals surface area contributed by atoms with E-state index in [0.29, 0.717) is 0 Å². The van der Waals surface area contributed by atoms with Gasteiger partial charge in [-0.3, -0.25) is 0 Å². The Hall–Kier alpha value is -0.918. The minimum absolute atomic E-state index is 0. The van der Waals surface area contributed by atoms with E-state index >= 15 is 0 Å². The van der Waals surface area contributed by atoms with Crippen molar-refractivity contribution in [3.05, 3.63) is 25.3 Å². The van der Waals surface area contributed by atoms with E-state index in [-0.39, 0.29) is 33.3 Å². The Kier molecular flexibility index (Phi) is 18.9. The van der Waals surface area contributed by atoms with E-state index in [1.807, 2.05) is 0 Å². The summed E-state index contributed by atoms with van der Waals surface area (Å²) in [4.78, 5) is 18.8. The van der Waals surface area contributed by atoms with Gasteiger partial charge in [-0.05, 0) is 0 Å². The molecule has 5 heteroatoms. The molecule has 4 nitrogen and oxygen atoms in total. The minimum Gasteiger partial charge on any atom is -0.550 e. The van der Waals surface area contributed by atoms with Gasteiger partial charge in [0.05, 0.1) is 0 Å². The quantitative estimate of drug-likeness (QED) is 0.468. The van der Waals surface area contributed by atoms with Crippen molar-refractivity contribution in [2.45, 2.75) is 12.8 Å². The number of carbonyl (C=O) groups excluding carboxylic acids is 2. The molecule has 0 saturated carbocycles. The van der Waals surface area contributed by atoms with Crippen LogP contribution >= 0.6 is 0 Å². The second-order valence-corrected chi connectivity index (χ2v) is 1.73. The summed E-state index contributed by atoms with van der Waals surface area (Å²) < 4.78 is 0. The number of carboxylic acid groups (broad SMARTS) is 2. The van der Waals surface area contributed by atoms with Crippen LogP contribution in [0, 0.1) is 0 Å². The molecule has 0 atom stereocenters. The van der Waals surface area contributed by atoms with E-state index in [1.165, 1.54) is 12.2 Å². The van der Waals surface area contributed by atoms with E-state index in [9.17, 15) is 19.8 Å². The first-order valence-corrected chi connectivity index (χ1v) is 3.16. The number of rotatable bonds is 4. The molecule has 0 bridgehead atoms. The number of hydrogen-bond donors (Lipinski definition) is 0. The van der Waals surface area contributed by atoms with Crippen LogP contribution < -0.4 is 10.2 Å². The number of carboxylic acids is 2. The van der Waals surface area contributed by atoms with E-state index in [0.717, 1.165) is 0 Å². The molecule has 76 valence electrons. The summed E-state index contributed by atoms with van der Waals surface area (Å²) in [7, 11) is 0. The Morgan fingerprint density at radius 1 is 1.00 bits per heavy atom. The molecule has 0 aromatic rings. The third-order valence-corrected chi connectivity index (χ3v) is 0.622. The van der Waals surface area contributed by atoms with Crippen LogP contribution in [0.4, 0.5) is 0 Å². The van der Waals surface area contributed by atoms with E-state index in [4.69, 9.17) is 0 Å². The molecule has 0 unspecified atom stereocenters. The van der Waals surface area contributed by atoms with Gasteiger partial charge < -0.3 is 19.8 Å². The number of carbonyl (C=O) groups is 2. The van der Waals surface area contributed by atoms with E-state index in [2.05, 4.69) is 13.2 Å². The van der Waals surface area contributed by atoms with Crippen molar-refractivity contribution in [1.29, 1.82) is 0 Å². The zero-order valence-electron chi connectivity index (χ0n) is 6.93. The molecule has 0 aliphatic rings. The van der Waals surface area contributed by atoms with Gasteiger partial charge in [0, 0.05) is 24.8 Å². The monoisotopic (exact) mass is 276 g/mol. The molecule has 0 amide bonds. The predicted octanol–water partition coefficient (Wildman–Crippen LogP) is -1.38. The molecule has 0 aromatic heterocycles. The van der Waals surface area contributed by atoms with Crippen molar-refractivity contribution in [3.63, 3.8) is 0 Å². The topological polar surface area (TPSA) is 80.3 Å². The minimum atomic E-state index is -1.08. The summed E-state index contributed by atoms with van der Waals surface area (Å²) in [6, 6.07) is 0. The first kappa shape index (κ1) is 18.0. The molecular formula is C8H10O4Pd. The molecule has 0 N–H and O–H groups in total. The van der Waals surface area contributed by atoms with Crippen molar-refractivity contribution in [3.8, 4) is 0 Å². The largest absolute Gasteiger partial charge is 2.00 e. The summed E-state index contributed by atoms with van der Waals surface area (Å²) in [5.74, 6) is -2.16. The van der Waals surface area contributed by atoms with Crippen LogP contribution in [-0.4, -0.2) is 11.9 Å². The van der Waals surface area contributed by atoms with Crippen LogP contribution in [0.5, 0.6) is 0 Å². The maximum atomic E-state index is 9.42. The second kappa shape index (κ2) is 13.7. The fraction of sp³-hybridized carbons (Fsp3) is 0.250. The van der Waals surface area contributed by atoms with Gasteiger partial charge >= 0.3 is 20.4 Å². The van der Waals surface area contributed by atoms with Crippen molar-refractivity contribution >= 4 is 11.9 Å². The molecule has 13 heavy (non-hydrogen) atoms. The van der Waals surface area contributed by atoms with Crippen LogP contribution in [0.2, 0.25) is 0 Å². The van der Waals surface area contributed by atoms with Crippen LogP contribution in [-0.2, 0) is 30.0 Å². The van der Waals surface area contributed by atoms with E-state index in [1.54, 1.807) is 0 Å². The zero-order valence-corrected chi connectivity index (χ0v) is 8.49. The molecule has 0 spiro atoms. The normalized spacial score (nSPS) is 6.77. The van der Waals surface area contributed by atoms with Gasteiger partial charge in [-0.2, -0.15) is 0 Å². The molecule has 0 heterocycles. The Morgan fingerprint density at radius 2 is 1.23 bits per heavy atom. The maximum Gasteiger partial charge on any atom is 2.00 e. The summed E-state index contributed by atoms with van der Waals surface area (Å²) in [6.07, 6.45) is 2.46. The summed E-state index contributed by atoms with van der Waals surface area (Å²) in [5.41, 5.74) is 0. The SMILES string of the molecule is C=CCC(=O)[O-].C=CCC(=O)[O-].[Pd+2]. The van der Waals surface area contributed by atoms with Gasteiger partial charge in [0.2, 0.25) is 0 Å². The summed E-state index contributed by atoms with van der Waals surface area (Å²) in [5, 5.41) is 18.8. The van der Waals surface area contributed by atoms with Gasteiger partial charge in [-0.15, -0.1) is 13.2 Å². The Morgan fingerprint density at radius 3 is 1.23 bits per heavy atom. The third kappa shape index (κ3) is 35.4. The fourth-order valence-electron chi connectivity index (χ4n) is 0.236. The zero-order chi connectivity index (χ0) is 9.98. The summed E-state index contributed by atoms with van der Waals surface area (Å²) >= 11 is 0. The van der Waals surface area contributed by atoms with Crippen LogP contribution in [0.3, 0.4) is 0 Å². The molecular weight excluding hydrogens is 267 g/mol. The Balaban J connectivity index is -0.000000143. The molecule has 0 saturated heterocycles. The van der Waals surface area contributed by atoms with Gasteiger partial charge in [0.25, 0.3) is 0 Å². The Labute approximate surface area is 90.6 Å². The van der Waals surface area contributed by atoms with Crippen molar-refractivity contribution in [1.82, 2.24) is 0 Å². The third-order valence-electron chi connectivity index (χ3n) is 0.622. The van der Waals surface area contributed by atoms with Crippen molar-refractivity contribution < 1.29 is 40.2 Å². The molecule has 0 aliphatic carbocycles. The Bertz CT molecular complexity index is 157. The maximum absolute atomic E-state index is 9.42.